The van der Waals surface area contributed by atoms with Crippen molar-refractivity contribution < 1.29 is 9.53 Å². The van der Waals surface area contributed by atoms with E-state index < -0.39 is 5.91 Å². The number of benzene rings is 1. The quantitative estimate of drug-likeness (QED) is 0.579. The van der Waals surface area contributed by atoms with Crippen LogP contribution in [0.5, 0.6) is 5.75 Å². The smallest absolute Gasteiger partial charge is 0.274 e. The topological polar surface area (TPSA) is 113 Å². The summed E-state index contributed by atoms with van der Waals surface area (Å²) in [7, 11) is 1.46. The molecule has 0 atom stereocenters. The molecule has 0 spiro atoms. The number of nitriles is 1. The minimum absolute atomic E-state index is 0.205. The normalized spacial score (nSPS) is 9.57. The fraction of sp³-hybridized carbons (Fsp3) is 0.0714. The summed E-state index contributed by atoms with van der Waals surface area (Å²) in [4.78, 5) is 16.1. The first kappa shape index (κ1) is 14.3. The van der Waals surface area contributed by atoms with E-state index >= 15 is 0 Å². The number of pyridine rings is 1. The van der Waals surface area contributed by atoms with Crippen LogP contribution in [0.1, 0.15) is 16.1 Å². The van der Waals surface area contributed by atoms with E-state index in [1.807, 2.05) is 6.07 Å². The van der Waals surface area contributed by atoms with Gasteiger partial charge in [-0.25, -0.2) is 0 Å². The molecule has 1 aromatic carbocycles. The van der Waals surface area contributed by atoms with Gasteiger partial charge in [0.2, 0.25) is 0 Å². The summed E-state index contributed by atoms with van der Waals surface area (Å²) < 4.78 is 5.15. The highest BCUT2D eigenvalue weighted by Gasteiger charge is 2.12. The monoisotopic (exact) mass is 283 g/mol. The molecule has 7 heteroatoms. The average Bonchev–Trinajstić information content (AvgIpc) is 2.55. The summed E-state index contributed by atoms with van der Waals surface area (Å²) in [6, 6.07) is 9.89. The van der Waals surface area contributed by atoms with Crippen LogP contribution in [-0.4, -0.2) is 18.0 Å². The molecule has 0 aliphatic carbocycles. The lowest BCUT2D eigenvalue weighted by Crippen LogP contribution is -2.15. The minimum atomic E-state index is -0.407. The van der Waals surface area contributed by atoms with Crippen molar-refractivity contribution in [1.82, 2.24) is 4.98 Å². The fourth-order valence-corrected chi connectivity index (χ4v) is 1.69. The summed E-state index contributed by atoms with van der Waals surface area (Å²) in [6.45, 7) is 0. The van der Waals surface area contributed by atoms with Gasteiger partial charge in [-0.15, -0.1) is 0 Å². The molecular weight excluding hydrogens is 270 g/mol. The number of carbonyl (C=O) groups is 1. The molecule has 21 heavy (non-hydrogen) atoms. The highest BCUT2D eigenvalue weighted by molar-refractivity contribution is 6.04. The number of hydrazine groups is 1. The summed E-state index contributed by atoms with van der Waals surface area (Å²) in [5.41, 5.74) is 4.11. The molecule has 4 N–H and O–H groups in total. The van der Waals surface area contributed by atoms with E-state index in [9.17, 15) is 4.79 Å². The standard InChI is InChI=1S/C14H13N5O2/c1-21-13-6-9(8-15)2-3-11(13)18-14(20)12-7-10(19-16)4-5-17-12/h2-7H,16H2,1H3,(H,17,19)(H,18,20). The second-order valence-electron chi connectivity index (χ2n) is 4.06. The van der Waals surface area contributed by atoms with E-state index in [-0.39, 0.29) is 5.69 Å². The molecule has 7 nitrogen and oxygen atoms in total. The molecule has 1 aromatic heterocycles. The summed E-state index contributed by atoms with van der Waals surface area (Å²) >= 11 is 0. The molecule has 1 heterocycles. The van der Waals surface area contributed by atoms with Crippen LogP contribution in [-0.2, 0) is 0 Å². The Bertz CT molecular complexity index is 709. The minimum Gasteiger partial charge on any atom is -0.495 e. The lowest BCUT2D eigenvalue weighted by Gasteiger charge is -2.10. The van der Waals surface area contributed by atoms with Crippen LogP contribution < -0.4 is 21.3 Å². The van der Waals surface area contributed by atoms with Crippen molar-refractivity contribution in [3.63, 3.8) is 0 Å². The molecule has 2 rings (SSSR count). The van der Waals surface area contributed by atoms with Crippen molar-refractivity contribution in [3.05, 3.63) is 47.8 Å². The molecule has 0 unspecified atom stereocenters. The van der Waals surface area contributed by atoms with Crippen LogP contribution >= 0.6 is 0 Å². The third kappa shape index (κ3) is 3.26. The molecule has 1 amide bonds. The molecule has 106 valence electrons. The number of rotatable bonds is 4. The molecule has 2 aromatic rings. The molecule has 0 bridgehead atoms. The molecule has 0 aliphatic rings. The van der Waals surface area contributed by atoms with E-state index in [4.69, 9.17) is 15.8 Å². The van der Waals surface area contributed by atoms with Crippen molar-refractivity contribution in [3.8, 4) is 11.8 Å². The van der Waals surface area contributed by atoms with Crippen molar-refractivity contribution >= 4 is 17.3 Å². The highest BCUT2D eigenvalue weighted by Crippen LogP contribution is 2.25. The Morgan fingerprint density at radius 3 is 2.86 bits per heavy atom. The van der Waals surface area contributed by atoms with Gasteiger partial charge in [0.25, 0.3) is 5.91 Å². The van der Waals surface area contributed by atoms with Crippen LogP contribution in [0.15, 0.2) is 36.5 Å². The lowest BCUT2D eigenvalue weighted by atomic mass is 10.2. The molecule has 0 saturated carbocycles. The predicted molar refractivity (Wildman–Crippen MR) is 77.7 cm³/mol. The van der Waals surface area contributed by atoms with Crippen molar-refractivity contribution in [2.24, 2.45) is 5.84 Å². The van der Waals surface area contributed by atoms with Crippen LogP contribution in [0.2, 0.25) is 0 Å². The highest BCUT2D eigenvalue weighted by atomic mass is 16.5. The summed E-state index contributed by atoms with van der Waals surface area (Å²) in [5.74, 6) is 5.28. The van der Waals surface area contributed by atoms with Gasteiger partial charge in [-0.3, -0.25) is 15.6 Å². The maximum atomic E-state index is 12.1. The largest absolute Gasteiger partial charge is 0.495 e. The van der Waals surface area contributed by atoms with Gasteiger partial charge in [0, 0.05) is 12.3 Å². The van der Waals surface area contributed by atoms with E-state index in [0.717, 1.165) is 0 Å². The predicted octanol–water partition coefficient (Wildman–Crippen LogP) is 1.50. The van der Waals surface area contributed by atoms with Gasteiger partial charge in [0.15, 0.2) is 0 Å². The fourth-order valence-electron chi connectivity index (χ4n) is 1.69. The summed E-state index contributed by atoms with van der Waals surface area (Å²) in [5, 5.41) is 11.5. The summed E-state index contributed by atoms with van der Waals surface area (Å²) in [6.07, 6.45) is 1.47. The van der Waals surface area contributed by atoms with Crippen molar-refractivity contribution in [2.75, 3.05) is 17.9 Å². The number of nitrogen functional groups attached to an aromatic ring is 1. The average molecular weight is 283 g/mol. The lowest BCUT2D eigenvalue weighted by molar-refractivity contribution is 0.102. The first-order valence-corrected chi connectivity index (χ1v) is 6.00. The van der Waals surface area contributed by atoms with Gasteiger partial charge in [-0.2, -0.15) is 5.26 Å². The number of nitrogens with zero attached hydrogens (tertiary/aromatic N) is 2. The van der Waals surface area contributed by atoms with Crippen LogP contribution in [0, 0.1) is 11.3 Å². The number of nitrogens with one attached hydrogen (secondary N) is 2. The third-order valence-corrected chi connectivity index (χ3v) is 2.74. The number of nitrogens with two attached hydrogens (primary N) is 1. The SMILES string of the molecule is COc1cc(C#N)ccc1NC(=O)c1cc(NN)ccn1. The molecule has 0 fully saturated rings. The zero-order valence-electron chi connectivity index (χ0n) is 11.3. The Morgan fingerprint density at radius 2 is 2.19 bits per heavy atom. The maximum absolute atomic E-state index is 12.1. The van der Waals surface area contributed by atoms with Crippen LogP contribution in [0.3, 0.4) is 0 Å². The van der Waals surface area contributed by atoms with Crippen LogP contribution in [0.4, 0.5) is 11.4 Å². The van der Waals surface area contributed by atoms with Crippen molar-refractivity contribution in [1.29, 1.82) is 5.26 Å². The first-order valence-electron chi connectivity index (χ1n) is 6.00. The Labute approximate surface area is 121 Å². The van der Waals surface area contributed by atoms with Gasteiger partial charge >= 0.3 is 0 Å². The van der Waals surface area contributed by atoms with Gasteiger partial charge in [0.1, 0.15) is 11.4 Å². The van der Waals surface area contributed by atoms with E-state index in [1.54, 1.807) is 24.3 Å². The number of hydrogen-bond acceptors (Lipinski definition) is 6. The van der Waals surface area contributed by atoms with Gasteiger partial charge in [0.05, 0.1) is 30.1 Å². The van der Waals surface area contributed by atoms with Gasteiger partial charge in [-0.05, 0) is 24.3 Å². The number of ether oxygens (including phenoxy) is 1. The van der Waals surface area contributed by atoms with E-state index in [1.165, 1.54) is 19.4 Å². The van der Waals surface area contributed by atoms with Gasteiger partial charge < -0.3 is 15.5 Å². The number of anilines is 2. The number of methoxy groups -OCH3 is 1. The number of aromatic nitrogens is 1. The maximum Gasteiger partial charge on any atom is 0.274 e. The number of hydrogen-bond donors (Lipinski definition) is 3. The zero-order chi connectivity index (χ0) is 15.2. The molecular formula is C14H13N5O2. The second-order valence-corrected chi connectivity index (χ2v) is 4.06. The molecule has 0 aliphatic heterocycles. The zero-order valence-corrected chi connectivity index (χ0v) is 11.3. The second kappa shape index (κ2) is 6.36. The molecule has 0 radical (unpaired) electrons. The Balaban J connectivity index is 2.25. The van der Waals surface area contributed by atoms with Gasteiger partial charge in [-0.1, -0.05) is 0 Å². The third-order valence-electron chi connectivity index (χ3n) is 2.74. The van der Waals surface area contributed by atoms with E-state index in [0.29, 0.717) is 22.7 Å². The van der Waals surface area contributed by atoms with Crippen molar-refractivity contribution in [2.45, 2.75) is 0 Å². The Kier molecular flexibility index (Phi) is 4.33. The van der Waals surface area contributed by atoms with Crippen LogP contribution in [0.25, 0.3) is 0 Å². The number of carbonyl (C=O) groups excluding carboxylic acids is 1. The first-order chi connectivity index (χ1) is 10.2. The number of amides is 1. The Hall–Kier alpha value is -3.11. The molecule has 0 saturated heterocycles. The van der Waals surface area contributed by atoms with E-state index in [2.05, 4.69) is 15.7 Å². The Morgan fingerprint density at radius 1 is 1.38 bits per heavy atom.